The summed E-state index contributed by atoms with van der Waals surface area (Å²) in [7, 11) is 3.45. The van der Waals surface area contributed by atoms with Gasteiger partial charge < -0.3 is 15.0 Å². The molecule has 0 saturated carbocycles. The predicted octanol–water partition coefficient (Wildman–Crippen LogP) is 2.31. The van der Waals surface area contributed by atoms with Crippen molar-refractivity contribution in [3.05, 3.63) is 28.2 Å². The van der Waals surface area contributed by atoms with Crippen LogP contribution in [-0.2, 0) is 0 Å². The summed E-state index contributed by atoms with van der Waals surface area (Å²) in [5.74, 6) is 0.717. The highest BCUT2D eigenvalue weighted by Crippen LogP contribution is 2.24. The van der Waals surface area contributed by atoms with Gasteiger partial charge in [-0.15, -0.1) is 12.4 Å². The molecule has 1 saturated heterocycles. The Morgan fingerprint density at radius 3 is 2.84 bits per heavy atom. The Hall–Kier alpha value is -0.780. The van der Waals surface area contributed by atoms with Crippen molar-refractivity contribution in [3.63, 3.8) is 0 Å². The van der Waals surface area contributed by atoms with Crippen molar-refractivity contribution >= 4 is 34.2 Å². The number of carbonyl (C=O) groups excluding carboxylic acids is 1. The van der Waals surface area contributed by atoms with E-state index in [-0.39, 0.29) is 24.4 Å². The zero-order chi connectivity index (χ0) is 13.1. The lowest BCUT2D eigenvalue weighted by Crippen LogP contribution is -2.38. The zero-order valence-electron chi connectivity index (χ0n) is 11.0. The molecule has 4 nitrogen and oxygen atoms in total. The quantitative estimate of drug-likeness (QED) is 0.910. The second kappa shape index (κ2) is 7.12. The molecule has 106 valence electrons. The van der Waals surface area contributed by atoms with Crippen LogP contribution in [0.25, 0.3) is 0 Å². The summed E-state index contributed by atoms with van der Waals surface area (Å²) in [6, 6.07) is 5.71. The van der Waals surface area contributed by atoms with Crippen molar-refractivity contribution in [1.29, 1.82) is 0 Å². The minimum Gasteiger partial charge on any atom is -0.497 e. The van der Waals surface area contributed by atoms with Crippen molar-refractivity contribution in [2.24, 2.45) is 0 Å². The van der Waals surface area contributed by atoms with Crippen LogP contribution >= 0.6 is 28.3 Å². The molecule has 2 rings (SSSR count). The van der Waals surface area contributed by atoms with Gasteiger partial charge in [-0.05, 0) is 47.1 Å². The van der Waals surface area contributed by atoms with Gasteiger partial charge in [0.15, 0.2) is 0 Å². The second-order valence-corrected chi connectivity index (χ2v) is 5.26. The Labute approximate surface area is 128 Å². The van der Waals surface area contributed by atoms with E-state index in [2.05, 4.69) is 21.2 Å². The third-order valence-corrected chi connectivity index (χ3v) is 4.00. The first kappa shape index (κ1) is 16.3. The van der Waals surface area contributed by atoms with Gasteiger partial charge in [-0.2, -0.15) is 0 Å². The number of amides is 1. The lowest BCUT2D eigenvalue weighted by molar-refractivity contribution is 0.0742. The molecule has 0 aliphatic carbocycles. The van der Waals surface area contributed by atoms with E-state index < -0.39 is 0 Å². The molecule has 0 spiro atoms. The van der Waals surface area contributed by atoms with E-state index in [0.29, 0.717) is 11.3 Å². The number of rotatable bonds is 3. The first-order valence-electron chi connectivity index (χ1n) is 5.95. The number of hydrogen-bond acceptors (Lipinski definition) is 3. The smallest absolute Gasteiger partial charge is 0.255 e. The van der Waals surface area contributed by atoms with Crippen molar-refractivity contribution in [1.82, 2.24) is 10.2 Å². The third-order valence-electron chi connectivity index (χ3n) is 3.31. The van der Waals surface area contributed by atoms with Gasteiger partial charge in [0, 0.05) is 24.1 Å². The average Bonchev–Trinajstić information content (AvgIpc) is 2.91. The highest BCUT2D eigenvalue weighted by molar-refractivity contribution is 9.10. The molecule has 1 aromatic rings. The summed E-state index contributed by atoms with van der Waals surface area (Å²) in [5, 5.41) is 3.27. The third kappa shape index (κ3) is 3.61. The van der Waals surface area contributed by atoms with Gasteiger partial charge in [0.2, 0.25) is 0 Å². The van der Waals surface area contributed by atoms with Crippen LogP contribution in [0.1, 0.15) is 16.8 Å². The number of nitrogens with zero attached hydrogens (tertiary/aromatic N) is 1. The fraction of sp³-hybridized carbons (Fsp3) is 0.462. The average molecular weight is 350 g/mol. The molecule has 1 fully saturated rings. The van der Waals surface area contributed by atoms with Crippen molar-refractivity contribution in [2.75, 3.05) is 27.2 Å². The van der Waals surface area contributed by atoms with Crippen LogP contribution in [0.2, 0.25) is 0 Å². The number of ether oxygens (including phenoxy) is 1. The molecule has 1 amide bonds. The normalized spacial score (nSPS) is 17.7. The molecular formula is C13H18BrClN2O2. The maximum atomic E-state index is 12.4. The summed E-state index contributed by atoms with van der Waals surface area (Å²) in [6.07, 6.45) is 1.00. The van der Waals surface area contributed by atoms with Gasteiger partial charge in [-0.3, -0.25) is 4.79 Å². The maximum absolute atomic E-state index is 12.4. The molecular weight excluding hydrogens is 332 g/mol. The number of halogens is 2. The summed E-state index contributed by atoms with van der Waals surface area (Å²) in [5.41, 5.74) is 0.642. The molecule has 0 bridgehead atoms. The molecule has 6 heteroatoms. The van der Waals surface area contributed by atoms with E-state index in [1.165, 1.54) is 0 Å². The van der Waals surface area contributed by atoms with Crippen LogP contribution in [0.4, 0.5) is 0 Å². The Kier molecular flexibility index (Phi) is 6.10. The number of methoxy groups -OCH3 is 1. The summed E-state index contributed by atoms with van der Waals surface area (Å²) >= 11 is 3.42. The molecule has 1 aliphatic rings. The van der Waals surface area contributed by atoms with E-state index in [1.54, 1.807) is 18.1 Å². The summed E-state index contributed by atoms with van der Waals surface area (Å²) < 4.78 is 5.96. The van der Waals surface area contributed by atoms with Crippen molar-refractivity contribution < 1.29 is 9.53 Å². The fourth-order valence-corrected chi connectivity index (χ4v) is 2.54. The number of benzene rings is 1. The van der Waals surface area contributed by atoms with Crippen molar-refractivity contribution in [3.8, 4) is 5.75 Å². The number of nitrogens with one attached hydrogen (secondary N) is 1. The molecule has 1 aromatic carbocycles. The summed E-state index contributed by atoms with van der Waals surface area (Å²) in [4.78, 5) is 14.2. The van der Waals surface area contributed by atoms with E-state index in [9.17, 15) is 4.79 Å². The topological polar surface area (TPSA) is 41.6 Å². The lowest BCUT2D eigenvalue weighted by Gasteiger charge is -2.24. The van der Waals surface area contributed by atoms with Gasteiger partial charge in [0.25, 0.3) is 5.91 Å². The molecule has 1 atom stereocenters. The molecule has 1 N–H and O–H groups in total. The largest absolute Gasteiger partial charge is 0.497 e. The molecule has 0 radical (unpaired) electrons. The van der Waals surface area contributed by atoms with Crippen LogP contribution in [0.15, 0.2) is 22.7 Å². The number of likely N-dealkylation sites (N-methyl/N-ethyl adjacent to an activating group) is 1. The van der Waals surface area contributed by atoms with Crippen LogP contribution < -0.4 is 10.1 Å². The monoisotopic (exact) mass is 348 g/mol. The van der Waals surface area contributed by atoms with Gasteiger partial charge in [-0.1, -0.05) is 0 Å². The second-order valence-electron chi connectivity index (χ2n) is 4.41. The van der Waals surface area contributed by atoms with Gasteiger partial charge >= 0.3 is 0 Å². The van der Waals surface area contributed by atoms with Crippen LogP contribution in [0.3, 0.4) is 0 Å². The number of hydrogen-bond donors (Lipinski definition) is 1. The van der Waals surface area contributed by atoms with Gasteiger partial charge in [-0.25, -0.2) is 0 Å². The minimum atomic E-state index is 0. The van der Waals surface area contributed by atoms with Crippen LogP contribution in [0, 0.1) is 0 Å². The highest BCUT2D eigenvalue weighted by Gasteiger charge is 2.25. The molecule has 19 heavy (non-hydrogen) atoms. The Morgan fingerprint density at radius 1 is 1.53 bits per heavy atom. The predicted molar refractivity (Wildman–Crippen MR) is 81.3 cm³/mol. The maximum Gasteiger partial charge on any atom is 0.255 e. The SMILES string of the molecule is COc1ccc(Br)c(C(=O)N(C)C2CCNC2)c1.Cl. The first-order chi connectivity index (χ1) is 8.63. The Morgan fingerprint density at radius 2 is 2.26 bits per heavy atom. The molecule has 1 unspecified atom stereocenters. The van der Waals surface area contributed by atoms with Crippen LogP contribution in [-0.4, -0.2) is 44.1 Å². The van der Waals surface area contributed by atoms with Gasteiger partial charge in [0.05, 0.1) is 12.7 Å². The molecule has 1 heterocycles. The fourth-order valence-electron chi connectivity index (χ4n) is 2.12. The standard InChI is InChI=1S/C13H17BrN2O2.ClH/c1-16(9-5-6-15-8-9)13(17)11-7-10(18-2)3-4-12(11)14;/h3-4,7,9,15H,5-6,8H2,1-2H3;1H. The Bertz CT molecular complexity index is 450. The lowest BCUT2D eigenvalue weighted by atomic mass is 10.1. The highest BCUT2D eigenvalue weighted by atomic mass is 79.9. The zero-order valence-corrected chi connectivity index (χ0v) is 13.4. The summed E-state index contributed by atoms with van der Waals surface area (Å²) in [6.45, 7) is 1.84. The molecule has 1 aliphatic heterocycles. The number of carbonyl (C=O) groups is 1. The van der Waals surface area contributed by atoms with Crippen LogP contribution in [0.5, 0.6) is 5.75 Å². The minimum absolute atomic E-state index is 0. The molecule has 0 aromatic heterocycles. The van der Waals surface area contributed by atoms with E-state index in [0.717, 1.165) is 24.0 Å². The van der Waals surface area contributed by atoms with E-state index in [1.807, 2.05) is 19.2 Å². The first-order valence-corrected chi connectivity index (χ1v) is 6.74. The van der Waals surface area contributed by atoms with E-state index >= 15 is 0 Å². The van der Waals surface area contributed by atoms with Crippen molar-refractivity contribution in [2.45, 2.75) is 12.5 Å². The van der Waals surface area contributed by atoms with Gasteiger partial charge in [0.1, 0.15) is 5.75 Å². The Balaban J connectivity index is 0.00000180. The van der Waals surface area contributed by atoms with E-state index in [4.69, 9.17) is 4.74 Å².